The van der Waals surface area contributed by atoms with Crippen LogP contribution in [0.2, 0.25) is 5.02 Å². The van der Waals surface area contributed by atoms with Crippen LogP contribution >= 0.6 is 11.6 Å². The first-order valence-electron chi connectivity index (χ1n) is 6.45. The molecule has 4 nitrogen and oxygen atoms in total. The van der Waals surface area contributed by atoms with E-state index in [-0.39, 0.29) is 12.4 Å². The zero-order chi connectivity index (χ0) is 15.2. The van der Waals surface area contributed by atoms with E-state index in [0.29, 0.717) is 21.8 Å². The molecule has 5 heteroatoms. The molecule has 0 bridgehead atoms. The highest BCUT2D eigenvalue weighted by Crippen LogP contribution is 2.23. The number of nitrogens with one attached hydrogen (secondary N) is 1. The summed E-state index contributed by atoms with van der Waals surface area (Å²) >= 11 is 5.95. The van der Waals surface area contributed by atoms with Crippen LogP contribution in [-0.2, 0) is 4.74 Å². The van der Waals surface area contributed by atoms with Gasteiger partial charge in [-0.2, -0.15) is 0 Å². The van der Waals surface area contributed by atoms with Gasteiger partial charge in [0.25, 0.3) is 0 Å². The summed E-state index contributed by atoms with van der Waals surface area (Å²) in [6, 6.07) is 13.5. The molecule has 0 saturated heterocycles. The van der Waals surface area contributed by atoms with E-state index in [2.05, 4.69) is 5.32 Å². The quantitative estimate of drug-likeness (QED) is 0.864. The standard InChI is InChI=1S/C16H14ClNO3/c1-2-21-16(20)18-14-9-8-12(17)10-13(14)15(19)11-6-4-3-5-7-11/h3-10H,2H2,1H3,(H,18,20). The largest absolute Gasteiger partial charge is 0.450 e. The first-order chi connectivity index (χ1) is 10.1. The molecule has 1 N–H and O–H groups in total. The number of amides is 1. The Morgan fingerprint density at radius 2 is 1.86 bits per heavy atom. The Bertz CT molecular complexity index is 656. The summed E-state index contributed by atoms with van der Waals surface area (Å²) < 4.78 is 4.82. The predicted octanol–water partition coefficient (Wildman–Crippen LogP) is 4.14. The van der Waals surface area contributed by atoms with Crippen LogP contribution in [0, 0.1) is 0 Å². The molecule has 0 fully saturated rings. The minimum atomic E-state index is -0.609. The molecule has 1 amide bonds. The van der Waals surface area contributed by atoms with E-state index in [4.69, 9.17) is 16.3 Å². The van der Waals surface area contributed by atoms with Gasteiger partial charge >= 0.3 is 6.09 Å². The summed E-state index contributed by atoms with van der Waals surface area (Å²) in [4.78, 5) is 24.0. The first kappa shape index (κ1) is 15.1. The number of ketones is 1. The normalized spacial score (nSPS) is 10.0. The molecule has 0 unspecified atom stereocenters. The van der Waals surface area contributed by atoms with Crippen LogP contribution in [0.3, 0.4) is 0 Å². The van der Waals surface area contributed by atoms with Crippen molar-refractivity contribution in [2.24, 2.45) is 0 Å². The highest BCUT2D eigenvalue weighted by atomic mass is 35.5. The van der Waals surface area contributed by atoms with Gasteiger partial charge in [0.2, 0.25) is 0 Å². The lowest BCUT2D eigenvalue weighted by Gasteiger charge is -2.11. The predicted molar refractivity (Wildman–Crippen MR) is 82.0 cm³/mol. The number of halogens is 1. The van der Waals surface area contributed by atoms with Crippen LogP contribution in [0.15, 0.2) is 48.5 Å². The van der Waals surface area contributed by atoms with Crippen molar-refractivity contribution in [1.29, 1.82) is 0 Å². The van der Waals surface area contributed by atoms with Crippen LogP contribution in [0.1, 0.15) is 22.8 Å². The Hall–Kier alpha value is -2.33. The Kier molecular flexibility index (Phi) is 4.95. The fourth-order valence-electron chi connectivity index (χ4n) is 1.84. The molecular weight excluding hydrogens is 290 g/mol. The minimum absolute atomic E-state index is 0.218. The van der Waals surface area contributed by atoms with Crippen LogP contribution in [0.4, 0.5) is 10.5 Å². The van der Waals surface area contributed by atoms with E-state index in [9.17, 15) is 9.59 Å². The van der Waals surface area contributed by atoms with E-state index < -0.39 is 6.09 Å². The minimum Gasteiger partial charge on any atom is -0.450 e. The third-order valence-corrected chi connectivity index (χ3v) is 3.01. The average molecular weight is 304 g/mol. The van der Waals surface area contributed by atoms with E-state index in [1.54, 1.807) is 43.3 Å². The molecule has 0 aliphatic rings. The maximum atomic E-state index is 12.5. The smallest absolute Gasteiger partial charge is 0.411 e. The number of anilines is 1. The number of carbonyl (C=O) groups excluding carboxylic acids is 2. The third-order valence-electron chi connectivity index (χ3n) is 2.77. The number of rotatable bonds is 4. The lowest BCUT2D eigenvalue weighted by molar-refractivity contribution is 0.103. The van der Waals surface area contributed by atoms with Crippen LogP contribution < -0.4 is 5.32 Å². The van der Waals surface area contributed by atoms with Gasteiger partial charge in [0.1, 0.15) is 0 Å². The SMILES string of the molecule is CCOC(=O)Nc1ccc(Cl)cc1C(=O)c1ccccc1. The monoisotopic (exact) mass is 303 g/mol. The van der Waals surface area contributed by atoms with E-state index in [1.165, 1.54) is 6.07 Å². The lowest BCUT2D eigenvalue weighted by Crippen LogP contribution is -2.16. The van der Waals surface area contributed by atoms with Gasteiger partial charge in [-0.25, -0.2) is 4.79 Å². The zero-order valence-electron chi connectivity index (χ0n) is 11.4. The molecule has 0 heterocycles. The van der Waals surface area contributed by atoms with Crippen molar-refractivity contribution in [3.8, 4) is 0 Å². The molecule has 0 radical (unpaired) electrons. The van der Waals surface area contributed by atoms with Crippen molar-refractivity contribution in [2.45, 2.75) is 6.92 Å². The van der Waals surface area contributed by atoms with Crippen molar-refractivity contribution < 1.29 is 14.3 Å². The van der Waals surface area contributed by atoms with Gasteiger partial charge in [-0.1, -0.05) is 41.9 Å². The number of benzene rings is 2. The summed E-state index contributed by atoms with van der Waals surface area (Å²) in [6.45, 7) is 1.96. The van der Waals surface area contributed by atoms with Crippen molar-refractivity contribution in [2.75, 3.05) is 11.9 Å². The maximum Gasteiger partial charge on any atom is 0.411 e. The highest BCUT2D eigenvalue weighted by Gasteiger charge is 2.16. The fraction of sp³-hybridized carbons (Fsp3) is 0.125. The summed E-state index contributed by atoms with van der Waals surface area (Å²) in [5.41, 5.74) is 1.21. The van der Waals surface area contributed by atoms with Crippen molar-refractivity contribution in [3.05, 3.63) is 64.7 Å². The fourth-order valence-corrected chi connectivity index (χ4v) is 2.01. The molecule has 0 aliphatic carbocycles. The van der Waals surface area contributed by atoms with Gasteiger partial charge in [0.15, 0.2) is 5.78 Å². The van der Waals surface area contributed by atoms with Gasteiger partial charge in [-0.3, -0.25) is 10.1 Å². The number of hydrogen-bond donors (Lipinski definition) is 1. The molecule has 2 rings (SSSR count). The Morgan fingerprint density at radius 3 is 2.52 bits per heavy atom. The van der Waals surface area contributed by atoms with E-state index in [1.807, 2.05) is 6.07 Å². The van der Waals surface area contributed by atoms with Gasteiger partial charge in [-0.15, -0.1) is 0 Å². The molecule has 0 saturated carbocycles. The van der Waals surface area contributed by atoms with Gasteiger partial charge in [0, 0.05) is 16.1 Å². The van der Waals surface area contributed by atoms with E-state index in [0.717, 1.165) is 0 Å². The zero-order valence-corrected chi connectivity index (χ0v) is 12.2. The molecule has 2 aromatic rings. The number of ether oxygens (including phenoxy) is 1. The topological polar surface area (TPSA) is 55.4 Å². The van der Waals surface area contributed by atoms with Crippen LogP contribution in [0.25, 0.3) is 0 Å². The molecule has 0 spiro atoms. The summed E-state index contributed by atoms with van der Waals surface area (Å²) in [5, 5.41) is 2.97. The summed E-state index contributed by atoms with van der Waals surface area (Å²) in [6.07, 6.45) is -0.609. The van der Waals surface area contributed by atoms with Gasteiger partial charge < -0.3 is 4.74 Å². The maximum absolute atomic E-state index is 12.5. The van der Waals surface area contributed by atoms with Crippen LogP contribution in [0.5, 0.6) is 0 Å². The average Bonchev–Trinajstić information content (AvgIpc) is 2.49. The third kappa shape index (κ3) is 3.83. The second-order valence-electron chi connectivity index (χ2n) is 4.23. The second kappa shape index (κ2) is 6.90. The van der Waals surface area contributed by atoms with Crippen molar-refractivity contribution in [3.63, 3.8) is 0 Å². The molecule has 21 heavy (non-hydrogen) atoms. The van der Waals surface area contributed by atoms with E-state index >= 15 is 0 Å². The molecule has 0 aromatic heterocycles. The van der Waals surface area contributed by atoms with Gasteiger partial charge in [-0.05, 0) is 25.1 Å². The van der Waals surface area contributed by atoms with Crippen molar-refractivity contribution >= 4 is 29.2 Å². The summed E-state index contributed by atoms with van der Waals surface area (Å²) in [7, 11) is 0. The van der Waals surface area contributed by atoms with Crippen LogP contribution in [-0.4, -0.2) is 18.5 Å². The number of carbonyl (C=O) groups is 2. The summed E-state index contributed by atoms with van der Waals surface area (Å²) in [5.74, 6) is -0.218. The Balaban J connectivity index is 2.35. The van der Waals surface area contributed by atoms with Gasteiger partial charge in [0.05, 0.1) is 12.3 Å². The lowest BCUT2D eigenvalue weighted by atomic mass is 10.0. The molecular formula is C16H14ClNO3. The molecule has 0 atom stereocenters. The Labute approximate surface area is 127 Å². The molecule has 2 aromatic carbocycles. The molecule has 108 valence electrons. The Morgan fingerprint density at radius 1 is 1.14 bits per heavy atom. The highest BCUT2D eigenvalue weighted by molar-refractivity contribution is 6.31. The molecule has 0 aliphatic heterocycles. The first-order valence-corrected chi connectivity index (χ1v) is 6.82. The number of hydrogen-bond acceptors (Lipinski definition) is 3. The van der Waals surface area contributed by atoms with Crippen molar-refractivity contribution in [1.82, 2.24) is 0 Å². The second-order valence-corrected chi connectivity index (χ2v) is 4.67.